The molecule has 8 nitrogen and oxygen atoms in total. The predicted octanol–water partition coefficient (Wildman–Crippen LogP) is 2.45. The summed E-state index contributed by atoms with van der Waals surface area (Å²) in [6.45, 7) is 0.290. The molecule has 2 aromatic rings. The number of benzene rings is 1. The molecule has 0 radical (unpaired) electrons. The van der Waals surface area contributed by atoms with Crippen molar-refractivity contribution in [2.45, 2.75) is 23.1 Å². The molecule has 1 aliphatic heterocycles. The molecule has 10 heteroatoms. The second-order valence-corrected chi connectivity index (χ2v) is 8.56. The molecule has 0 bridgehead atoms. The number of hydrogen-bond donors (Lipinski definition) is 1. The van der Waals surface area contributed by atoms with Crippen molar-refractivity contribution in [1.29, 1.82) is 0 Å². The van der Waals surface area contributed by atoms with Gasteiger partial charge in [0.15, 0.2) is 0 Å². The quantitative estimate of drug-likeness (QED) is 0.632. The highest BCUT2D eigenvalue weighted by Crippen LogP contribution is 2.29. The molecule has 1 aliphatic rings. The Bertz CT molecular complexity index is 878. The minimum absolute atomic E-state index is 0.0826. The first-order chi connectivity index (χ1) is 11.9. The van der Waals surface area contributed by atoms with Gasteiger partial charge in [0.2, 0.25) is 5.91 Å². The maximum Gasteiger partial charge on any atom is 0.269 e. The van der Waals surface area contributed by atoms with Crippen LogP contribution in [0.25, 0.3) is 0 Å². The van der Waals surface area contributed by atoms with E-state index in [2.05, 4.69) is 5.32 Å². The van der Waals surface area contributed by atoms with Crippen molar-refractivity contribution in [3.63, 3.8) is 0 Å². The van der Waals surface area contributed by atoms with E-state index in [1.165, 1.54) is 34.6 Å². The molecule has 1 saturated heterocycles. The van der Waals surface area contributed by atoms with Gasteiger partial charge in [0.1, 0.15) is 10.3 Å². The summed E-state index contributed by atoms with van der Waals surface area (Å²) in [7, 11) is -3.70. The average molecular weight is 381 g/mol. The molecular formula is C15H15N3O5S2. The van der Waals surface area contributed by atoms with Crippen LogP contribution >= 0.6 is 11.3 Å². The minimum atomic E-state index is -3.70. The maximum absolute atomic E-state index is 12.7. The van der Waals surface area contributed by atoms with Crippen LogP contribution in [0.4, 0.5) is 11.4 Å². The van der Waals surface area contributed by atoms with Crippen LogP contribution in [0.5, 0.6) is 0 Å². The third kappa shape index (κ3) is 3.55. The lowest BCUT2D eigenvalue weighted by molar-refractivity contribution is -0.384. The summed E-state index contributed by atoms with van der Waals surface area (Å²) in [5, 5.41) is 15.0. The van der Waals surface area contributed by atoms with Crippen molar-refractivity contribution in [1.82, 2.24) is 4.31 Å². The molecule has 1 atom stereocenters. The van der Waals surface area contributed by atoms with Gasteiger partial charge in [-0.25, -0.2) is 8.42 Å². The fraction of sp³-hybridized carbons (Fsp3) is 0.267. The number of rotatable bonds is 5. The smallest absolute Gasteiger partial charge is 0.269 e. The molecule has 1 aromatic heterocycles. The van der Waals surface area contributed by atoms with Crippen molar-refractivity contribution in [2.24, 2.45) is 0 Å². The molecule has 2 heterocycles. The molecule has 132 valence electrons. The number of nitro groups is 1. The number of amides is 1. The molecule has 1 fully saturated rings. The number of nitro benzene ring substituents is 1. The molecular weight excluding hydrogens is 366 g/mol. The van der Waals surface area contributed by atoms with E-state index < -0.39 is 26.9 Å². The highest BCUT2D eigenvalue weighted by Gasteiger charge is 2.39. The minimum Gasteiger partial charge on any atom is -0.325 e. The van der Waals surface area contributed by atoms with E-state index in [0.29, 0.717) is 25.1 Å². The van der Waals surface area contributed by atoms with Gasteiger partial charge in [-0.15, -0.1) is 11.3 Å². The zero-order valence-corrected chi connectivity index (χ0v) is 14.6. The summed E-state index contributed by atoms with van der Waals surface area (Å²) in [6, 6.07) is 7.78. The Morgan fingerprint density at radius 1 is 1.28 bits per heavy atom. The number of thiophene rings is 1. The first-order valence-electron chi connectivity index (χ1n) is 7.50. The highest BCUT2D eigenvalue weighted by molar-refractivity contribution is 7.91. The summed E-state index contributed by atoms with van der Waals surface area (Å²) in [4.78, 5) is 22.6. The van der Waals surface area contributed by atoms with Gasteiger partial charge < -0.3 is 5.32 Å². The number of nitrogens with one attached hydrogen (secondary N) is 1. The van der Waals surface area contributed by atoms with Gasteiger partial charge in [-0.05, 0) is 36.4 Å². The van der Waals surface area contributed by atoms with Crippen molar-refractivity contribution in [2.75, 3.05) is 11.9 Å². The predicted molar refractivity (Wildman–Crippen MR) is 93.0 cm³/mol. The van der Waals surface area contributed by atoms with Crippen LogP contribution in [-0.2, 0) is 14.8 Å². The van der Waals surface area contributed by atoms with E-state index in [9.17, 15) is 23.3 Å². The normalized spacial score (nSPS) is 18.2. The average Bonchev–Trinajstić information content (AvgIpc) is 3.27. The van der Waals surface area contributed by atoms with E-state index in [0.717, 1.165) is 11.3 Å². The van der Waals surface area contributed by atoms with Crippen LogP contribution in [0.15, 0.2) is 46.0 Å². The Morgan fingerprint density at radius 2 is 2.00 bits per heavy atom. The molecule has 0 aliphatic carbocycles. The maximum atomic E-state index is 12.7. The first kappa shape index (κ1) is 17.5. The molecule has 25 heavy (non-hydrogen) atoms. The van der Waals surface area contributed by atoms with Gasteiger partial charge in [-0.2, -0.15) is 4.31 Å². The van der Waals surface area contributed by atoms with E-state index in [1.54, 1.807) is 11.4 Å². The molecule has 1 unspecified atom stereocenters. The van der Waals surface area contributed by atoms with Crippen molar-refractivity contribution in [3.05, 3.63) is 51.9 Å². The van der Waals surface area contributed by atoms with Crippen LogP contribution in [0.3, 0.4) is 0 Å². The first-order valence-corrected chi connectivity index (χ1v) is 9.82. The van der Waals surface area contributed by atoms with Crippen LogP contribution < -0.4 is 5.32 Å². The summed E-state index contributed by atoms with van der Waals surface area (Å²) < 4.78 is 26.8. The van der Waals surface area contributed by atoms with Crippen molar-refractivity contribution >= 4 is 38.6 Å². The lowest BCUT2D eigenvalue weighted by Crippen LogP contribution is -2.42. The Kier molecular flexibility index (Phi) is 4.84. The summed E-state index contributed by atoms with van der Waals surface area (Å²) in [5.74, 6) is -0.438. The number of non-ortho nitro benzene ring substituents is 1. The summed E-state index contributed by atoms with van der Waals surface area (Å²) in [5.41, 5.74) is 0.303. The zero-order valence-electron chi connectivity index (χ0n) is 13.0. The lowest BCUT2D eigenvalue weighted by atomic mass is 10.2. The Hall–Kier alpha value is -2.30. The molecule has 0 spiro atoms. The topological polar surface area (TPSA) is 110 Å². The second-order valence-electron chi connectivity index (χ2n) is 5.50. The van der Waals surface area contributed by atoms with E-state index in [1.807, 2.05) is 0 Å². The molecule has 1 aromatic carbocycles. The van der Waals surface area contributed by atoms with Crippen LogP contribution in [0.1, 0.15) is 12.8 Å². The van der Waals surface area contributed by atoms with Crippen molar-refractivity contribution < 1.29 is 18.1 Å². The number of anilines is 1. The van der Waals surface area contributed by atoms with Gasteiger partial charge >= 0.3 is 0 Å². The third-order valence-electron chi connectivity index (χ3n) is 3.91. The molecule has 0 saturated carbocycles. The number of sulfonamides is 1. The SMILES string of the molecule is O=C(Nc1ccc([N+](=O)[O-])cc1)C1CCCN1S(=O)(=O)c1cccs1. The number of carbonyl (C=O) groups excluding carboxylic acids is 1. The molecule has 1 amide bonds. The fourth-order valence-electron chi connectivity index (χ4n) is 2.71. The van der Waals surface area contributed by atoms with Crippen molar-refractivity contribution in [3.8, 4) is 0 Å². The van der Waals surface area contributed by atoms with Gasteiger partial charge in [-0.3, -0.25) is 14.9 Å². The molecule has 3 rings (SSSR count). The molecule has 1 N–H and O–H groups in total. The number of carbonyl (C=O) groups is 1. The monoisotopic (exact) mass is 381 g/mol. The fourth-order valence-corrected chi connectivity index (χ4v) is 5.48. The summed E-state index contributed by atoms with van der Waals surface area (Å²) in [6.07, 6.45) is 1.03. The summed E-state index contributed by atoms with van der Waals surface area (Å²) >= 11 is 1.11. The van der Waals surface area contributed by atoms with E-state index >= 15 is 0 Å². The lowest BCUT2D eigenvalue weighted by Gasteiger charge is -2.22. The van der Waals surface area contributed by atoms with E-state index in [-0.39, 0.29) is 9.90 Å². The number of nitrogens with zero attached hydrogens (tertiary/aromatic N) is 2. The Labute approximate surface area is 148 Å². The zero-order chi connectivity index (χ0) is 18.0. The number of hydrogen-bond acceptors (Lipinski definition) is 6. The third-order valence-corrected chi connectivity index (χ3v) is 7.19. The Morgan fingerprint density at radius 3 is 2.60 bits per heavy atom. The van der Waals surface area contributed by atoms with Gasteiger partial charge in [0.25, 0.3) is 15.7 Å². The van der Waals surface area contributed by atoms with Gasteiger partial charge in [0, 0.05) is 24.4 Å². The second kappa shape index (κ2) is 6.90. The van der Waals surface area contributed by atoms with Crippen LogP contribution in [-0.4, -0.2) is 36.1 Å². The largest absolute Gasteiger partial charge is 0.325 e. The van der Waals surface area contributed by atoms with Gasteiger partial charge in [0.05, 0.1) is 4.92 Å². The Balaban J connectivity index is 1.76. The van der Waals surface area contributed by atoms with Crippen LogP contribution in [0.2, 0.25) is 0 Å². The van der Waals surface area contributed by atoms with E-state index in [4.69, 9.17) is 0 Å². The highest BCUT2D eigenvalue weighted by atomic mass is 32.2. The van der Waals surface area contributed by atoms with Gasteiger partial charge in [-0.1, -0.05) is 6.07 Å². The standard InChI is InChI=1S/C15H15N3O5S2/c19-15(16-11-5-7-12(8-6-11)18(20)21)13-3-1-9-17(13)25(22,23)14-4-2-10-24-14/h2,4-8,10,13H,1,3,9H2,(H,16,19). The van der Waals surface area contributed by atoms with Crippen LogP contribution in [0, 0.1) is 10.1 Å².